The van der Waals surface area contributed by atoms with E-state index >= 15 is 0 Å². The Bertz CT molecular complexity index is 680. The molecule has 0 atom stereocenters. The second-order valence-corrected chi connectivity index (χ2v) is 5.83. The summed E-state index contributed by atoms with van der Waals surface area (Å²) in [7, 11) is 0. The molecule has 110 valence electrons. The van der Waals surface area contributed by atoms with Gasteiger partial charge >= 0.3 is 5.97 Å². The Labute approximate surface area is 126 Å². The first-order valence-electron chi connectivity index (χ1n) is 6.77. The first kappa shape index (κ1) is 13.9. The average molecular weight is 305 g/mol. The number of fused-ring (bicyclic) bond motifs is 1. The van der Waals surface area contributed by atoms with E-state index in [9.17, 15) is 4.79 Å². The Morgan fingerprint density at radius 2 is 2.10 bits per heavy atom. The van der Waals surface area contributed by atoms with E-state index in [1.54, 1.807) is 0 Å². The van der Waals surface area contributed by atoms with E-state index in [-0.39, 0.29) is 6.42 Å². The quantitative estimate of drug-likeness (QED) is 0.940. The molecule has 0 unspecified atom stereocenters. The van der Waals surface area contributed by atoms with Crippen LogP contribution in [0.1, 0.15) is 16.8 Å². The molecule has 0 bridgehead atoms. The molecule has 21 heavy (non-hydrogen) atoms. The lowest BCUT2D eigenvalue weighted by molar-refractivity contribution is -0.136. The largest absolute Gasteiger partial charge is 0.486 e. The minimum absolute atomic E-state index is 0.0125. The highest BCUT2D eigenvalue weighted by atomic mass is 32.1. The predicted octanol–water partition coefficient (Wildman–Crippen LogP) is 2.77. The van der Waals surface area contributed by atoms with Crippen LogP contribution in [0.15, 0.2) is 18.2 Å². The second kappa shape index (κ2) is 5.73. The molecule has 0 saturated carbocycles. The molecule has 0 radical (unpaired) electrons. The zero-order valence-corrected chi connectivity index (χ0v) is 12.4. The van der Waals surface area contributed by atoms with E-state index in [1.165, 1.54) is 11.3 Å². The van der Waals surface area contributed by atoms with Gasteiger partial charge in [0.25, 0.3) is 0 Å². The van der Waals surface area contributed by atoms with Crippen LogP contribution in [0.3, 0.4) is 0 Å². The molecule has 1 aromatic heterocycles. The molecule has 2 aromatic rings. The van der Waals surface area contributed by atoms with Crippen LogP contribution in [-0.2, 0) is 17.6 Å². The molecule has 0 saturated heterocycles. The molecule has 2 heterocycles. The first-order valence-corrected chi connectivity index (χ1v) is 7.59. The Hall–Kier alpha value is -2.08. The summed E-state index contributed by atoms with van der Waals surface area (Å²) in [6.07, 6.45) is 0.781. The summed E-state index contributed by atoms with van der Waals surface area (Å²) in [5.74, 6) is 0.557. The highest BCUT2D eigenvalue weighted by Gasteiger charge is 2.18. The minimum Gasteiger partial charge on any atom is -0.486 e. The van der Waals surface area contributed by atoms with E-state index in [4.69, 9.17) is 14.6 Å². The molecule has 6 heteroatoms. The molecule has 0 aliphatic carbocycles. The smallest absolute Gasteiger partial charge is 0.308 e. The zero-order valence-electron chi connectivity index (χ0n) is 11.6. The number of carboxylic acids is 1. The third kappa shape index (κ3) is 2.85. The van der Waals surface area contributed by atoms with Gasteiger partial charge in [0.1, 0.15) is 13.2 Å². The number of carboxylic acid groups (broad SMARTS) is 1. The van der Waals surface area contributed by atoms with Crippen molar-refractivity contribution in [1.29, 1.82) is 0 Å². The fraction of sp³-hybridized carbons (Fsp3) is 0.333. The Morgan fingerprint density at radius 3 is 2.81 bits per heavy atom. The summed E-state index contributed by atoms with van der Waals surface area (Å²) < 4.78 is 11.1. The average Bonchev–Trinajstić information content (AvgIpc) is 2.89. The number of nitrogens with zero attached hydrogens (tertiary/aromatic N) is 1. The summed E-state index contributed by atoms with van der Waals surface area (Å²) in [5, 5.41) is 9.99. The molecule has 5 nitrogen and oxygen atoms in total. The van der Waals surface area contributed by atoms with Crippen LogP contribution >= 0.6 is 11.3 Å². The third-order valence-electron chi connectivity index (χ3n) is 3.17. The van der Waals surface area contributed by atoms with E-state index in [0.717, 1.165) is 33.3 Å². The van der Waals surface area contributed by atoms with Gasteiger partial charge in [-0.05, 0) is 24.6 Å². The van der Waals surface area contributed by atoms with Crippen molar-refractivity contribution in [3.05, 3.63) is 28.1 Å². The second-order valence-electron chi connectivity index (χ2n) is 4.66. The van der Waals surface area contributed by atoms with Crippen molar-refractivity contribution in [3.8, 4) is 22.8 Å². The molecule has 3 rings (SSSR count). The number of hydrogen-bond donors (Lipinski definition) is 1. The number of aromatic nitrogens is 1. The van der Waals surface area contributed by atoms with Crippen molar-refractivity contribution in [2.24, 2.45) is 0 Å². The van der Waals surface area contributed by atoms with Crippen molar-refractivity contribution in [1.82, 2.24) is 4.98 Å². The Morgan fingerprint density at radius 1 is 1.33 bits per heavy atom. The monoisotopic (exact) mass is 305 g/mol. The van der Waals surface area contributed by atoms with Crippen molar-refractivity contribution in [2.75, 3.05) is 13.2 Å². The van der Waals surface area contributed by atoms with Crippen molar-refractivity contribution in [3.63, 3.8) is 0 Å². The van der Waals surface area contributed by atoms with Crippen molar-refractivity contribution in [2.45, 2.75) is 19.8 Å². The van der Waals surface area contributed by atoms with Gasteiger partial charge in [0.05, 0.1) is 17.1 Å². The normalized spacial score (nSPS) is 13.2. The van der Waals surface area contributed by atoms with Gasteiger partial charge in [0, 0.05) is 10.4 Å². The van der Waals surface area contributed by atoms with Gasteiger partial charge in [-0.2, -0.15) is 0 Å². The Balaban J connectivity index is 2.02. The van der Waals surface area contributed by atoms with Gasteiger partial charge in [0.15, 0.2) is 11.5 Å². The van der Waals surface area contributed by atoms with Crippen LogP contribution < -0.4 is 9.47 Å². The maximum absolute atomic E-state index is 11.0. The fourth-order valence-corrected chi connectivity index (χ4v) is 3.25. The number of aryl methyl sites for hydroxylation is 1. The molecule has 1 aliphatic heterocycles. The SMILES string of the molecule is CCc1nc(-c2ccc3c(c2)OCCO3)c(CC(=O)O)s1. The Kier molecular flexibility index (Phi) is 3.79. The number of aliphatic carboxylic acids is 1. The third-order valence-corrected chi connectivity index (χ3v) is 4.37. The van der Waals surface area contributed by atoms with Crippen LogP contribution in [0.4, 0.5) is 0 Å². The fourth-order valence-electron chi connectivity index (χ4n) is 2.22. The van der Waals surface area contributed by atoms with Gasteiger partial charge < -0.3 is 14.6 Å². The van der Waals surface area contributed by atoms with Crippen LogP contribution in [0.2, 0.25) is 0 Å². The van der Waals surface area contributed by atoms with Crippen LogP contribution in [0.5, 0.6) is 11.5 Å². The topological polar surface area (TPSA) is 68.7 Å². The van der Waals surface area contributed by atoms with Crippen molar-refractivity contribution < 1.29 is 19.4 Å². The number of ether oxygens (including phenoxy) is 2. The molecular weight excluding hydrogens is 290 g/mol. The minimum atomic E-state index is -0.847. The number of hydrogen-bond acceptors (Lipinski definition) is 5. The first-order chi connectivity index (χ1) is 10.2. The van der Waals surface area contributed by atoms with E-state index < -0.39 is 5.97 Å². The summed E-state index contributed by atoms with van der Waals surface area (Å²) >= 11 is 1.46. The lowest BCUT2D eigenvalue weighted by Gasteiger charge is -2.18. The van der Waals surface area contributed by atoms with Crippen molar-refractivity contribution >= 4 is 17.3 Å². The van der Waals surface area contributed by atoms with Gasteiger partial charge in [-0.15, -0.1) is 11.3 Å². The summed E-state index contributed by atoms with van der Waals surface area (Å²) in [5.41, 5.74) is 1.60. The highest BCUT2D eigenvalue weighted by molar-refractivity contribution is 7.12. The number of carbonyl (C=O) groups is 1. The van der Waals surface area contributed by atoms with E-state index in [0.29, 0.717) is 19.0 Å². The molecular formula is C15H15NO4S. The molecule has 1 N–H and O–H groups in total. The molecule has 0 spiro atoms. The summed E-state index contributed by atoms with van der Waals surface area (Å²) in [6.45, 7) is 3.08. The standard InChI is InChI=1S/C15H15NO4S/c1-2-13-16-15(12(21-13)8-14(17)18)9-3-4-10-11(7-9)20-6-5-19-10/h3-4,7H,2,5-6,8H2,1H3,(H,17,18). The van der Waals surface area contributed by atoms with Gasteiger partial charge in [-0.25, -0.2) is 4.98 Å². The lowest BCUT2D eigenvalue weighted by atomic mass is 10.1. The molecule has 0 fully saturated rings. The van der Waals surface area contributed by atoms with Crippen LogP contribution in [-0.4, -0.2) is 29.3 Å². The van der Waals surface area contributed by atoms with Gasteiger partial charge in [-0.3, -0.25) is 4.79 Å². The maximum Gasteiger partial charge on any atom is 0.308 e. The molecule has 1 aliphatic rings. The summed E-state index contributed by atoms with van der Waals surface area (Å²) in [6, 6.07) is 5.61. The van der Waals surface area contributed by atoms with E-state index in [2.05, 4.69) is 4.98 Å². The number of thiazole rings is 1. The highest BCUT2D eigenvalue weighted by Crippen LogP contribution is 2.36. The van der Waals surface area contributed by atoms with Crippen LogP contribution in [0.25, 0.3) is 11.3 Å². The van der Waals surface area contributed by atoms with Gasteiger partial charge in [-0.1, -0.05) is 6.92 Å². The van der Waals surface area contributed by atoms with E-state index in [1.807, 2.05) is 25.1 Å². The molecule has 1 aromatic carbocycles. The van der Waals surface area contributed by atoms with Crippen LogP contribution in [0, 0.1) is 0 Å². The lowest BCUT2D eigenvalue weighted by Crippen LogP contribution is -2.15. The summed E-state index contributed by atoms with van der Waals surface area (Å²) in [4.78, 5) is 16.4. The van der Waals surface area contributed by atoms with Gasteiger partial charge in [0.2, 0.25) is 0 Å². The number of benzene rings is 1. The maximum atomic E-state index is 11.0. The predicted molar refractivity (Wildman–Crippen MR) is 79.3 cm³/mol. The number of rotatable bonds is 4. The molecule has 0 amide bonds. The zero-order chi connectivity index (χ0) is 14.8.